The lowest BCUT2D eigenvalue weighted by atomic mass is 10.2. The Morgan fingerprint density at radius 2 is 1.69 bits per heavy atom. The highest BCUT2D eigenvalue weighted by Gasteiger charge is 2.15. The van der Waals surface area contributed by atoms with E-state index in [1.54, 1.807) is 31.4 Å². The molecule has 0 saturated heterocycles. The fourth-order valence-electron chi connectivity index (χ4n) is 2.48. The minimum absolute atomic E-state index is 0.170. The van der Waals surface area contributed by atoms with Gasteiger partial charge in [-0.1, -0.05) is 17.7 Å². The third-order valence-electron chi connectivity index (χ3n) is 3.86. The molecule has 0 bridgehead atoms. The summed E-state index contributed by atoms with van der Waals surface area (Å²) in [4.78, 5) is 11.8. The van der Waals surface area contributed by atoms with Gasteiger partial charge in [0.1, 0.15) is 5.75 Å². The Bertz CT molecular complexity index is 1080. The number of nitrogens with zero attached hydrogens (tertiary/aromatic N) is 3. The number of benzene rings is 2. The van der Waals surface area contributed by atoms with Crippen LogP contribution in [0.1, 0.15) is 16.1 Å². The largest absolute Gasteiger partial charge is 0.497 e. The SMILES string of the molecule is COc1ccc(-n2c(=N)c(C(N)=O)nn(-c3ccc(C)cc3)c2=S)cc1. The highest BCUT2D eigenvalue weighted by atomic mass is 32.1. The van der Waals surface area contributed by atoms with Crippen molar-refractivity contribution in [3.05, 3.63) is 70.0 Å². The molecule has 7 nitrogen and oxygen atoms in total. The van der Waals surface area contributed by atoms with Crippen LogP contribution in [0, 0.1) is 17.1 Å². The van der Waals surface area contributed by atoms with Crippen molar-refractivity contribution >= 4 is 18.1 Å². The van der Waals surface area contributed by atoms with Gasteiger partial charge in [0, 0.05) is 0 Å². The lowest BCUT2D eigenvalue weighted by molar-refractivity contribution is 0.0991. The first-order valence-electron chi connectivity index (χ1n) is 7.74. The zero-order valence-corrected chi connectivity index (χ0v) is 15.1. The number of amides is 1. The molecule has 0 aliphatic carbocycles. The first-order chi connectivity index (χ1) is 12.4. The summed E-state index contributed by atoms with van der Waals surface area (Å²) in [5.74, 6) is -0.129. The van der Waals surface area contributed by atoms with Crippen molar-refractivity contribution in [1.29, 1.82) is 5.41 Å². The van der Waals surface area contributed by atoms with E-state index in [1.807, 2.05) is 31.2 Å². The number of aryl methyl sites for hydroxylation is 1. The van der Waals surface area contributed by atoms with Crippen molar-refractivity contribution in [1.82, 2.24) is 14.3 Å². The van der Waals surface area contributed by atoms with Crippen LogP contribution in [0.2, 0.25) is 0 Å². The van der Waals surface area contributed by atoms with E-state index in [0.717, 1.165) is 5.56 Å². The summed E-state index contributed by atoms with van der Waals surface area (Å²) in [5.41, 5.74) is 7.44. The number of methoxy groups -OCH3 is 1. The molecule has 0 radical (unpaired) electrons. The van der Waals surface area contributed by atoms with Gasteiger partial charge in [0.25, 0.3) is 5.91 Å². The summed E-state index contributed by atoms with van der Waals surface area (Å²) < 4.78 is 8.28. The van der Waals surface area contributed by atoms with Crippen LogP contribution in [-0.2, 0) is 0 Å². The molecule has 3 N–H and O–H groups in total. The molecule has 1 amide bonds. The molecule has 8 heteroatoms. The molecule has 1 heterocycles. The molecule has 26 heavy (non-hydrogen) atoms. The number of aromatic nitrogens is 3. The number of primary amides is 1. The van der Waals surface area contributed by atoms with E-state index in [9.17, 15) is 4.79 Å². The van der Waals surface area contributed by atoms with Crippen LogP contribution in [0.4, 0.5) is 0 Å². The van der Waals surface area contributed by atoms with E-state index in [-0.39, 0.29) is 16.0 Å². The second-order valence-electron chi connectivity index (χ2n) is 5.62. The van der Waals surface area contributed by atoms with E-state index < -0.39 is 5.91 Å². The molecular weight excluding hydrogens is 350 g/mol. The van der Waals surface area contributed by atoms with Crippen LogP contribution in [0.25, 0.3) is 11.4 Å². The van der Waals surface area contributed by atoms with E-state index in [1.165, 1.54) is 9.25 Å². The number of nitrogens with two attached hydrogens (primary N) is 1. The summed E-state index contributed by atoms with van der Waals surface area (Å²) in [6, 6.07) is 14.5. The van der Waals surface area contributed by atoms with Gasteiger partial charge in [-0.25, -0.2) is 4.68 Å². The number of hydrogen-bond donors (Lipinski definition) is 2. The molecule has 0 spiro atoms. The Hall–Kier alpha value is -3.26. The smallest absolute Gasteiger partial charge is 0.273 e. The zero-order chi connectivity index (χ0) is 18.8. The molecule has 0 aliphatic rings. The maximum Gasteiger partial charge on any atom is 0.273 e. The Morgan fingerprint density at radius 3 is 2.23 bits per heavy atom. The second-order valence-corrected chi connectivity index (χ2v) is 5.99. The van der Waals surface area contributed by atoms with Gasteiger partial charge >= 0.3 is 0 Å². The molecule has 132 valence electrons. The molecule has 2 aromatic carbocycles. The summed E-state index contributed by atoms with van der Waals surface area (Å²) in [6.07, 6.45) is 0. The van der Waals surface area contributed by atoms with Crippen LogP contribution in [0.15, 0.2) is 48.5 Å². The molecule has 1 aromatic heterocycles. The molecule has 0 atom stereocenters. The van der Waals surface area contributed by atoms with E-state index in [0.29, 0.717) is 17.1 Å². The van der Waals surface area contributed by atoms with Crippen molar-refractivity contribution < 1.29 is 9.53 Å². The second kappa shape index (κ2) is 6.93. The average molecular weight is 367 g/mol. The fraction of sp³-hybridized carbons (Fsp3) is 0.111. The number of rotatable bonds is 4. The molecule has 0 saturated carbocycles. The molecule has 0 aliphatic heterocycles. The number of ether oxygens (including phenoxy) is 1. The lowest BCUT2D eigenvalue weighted by Crippen LogP contribution is -2.34. The van der Waals surface area contributed by atoms with Gasteiger partial charge in [0.15, 0.2) is 11.2 Å². The monoisotopic (exact) mass is 367 g/mol. The summed E-state index contributed by atoms with van der Waals surface area (Å²) in [6.45, 7) is 1.97. The Labute approximate surface area is 154 Å². The highest BCUT2D eigenvalue weighted by molar-refractivity contribution is 7.71. The van der Waals surface area contributed by atoms with Crippen molar-refractivity contribution in [2.45, 2.75) is 6.92 Å². The lowest BCUT2D eigenvalue weighted by Gasteiger charge is -2.14. The summed E-state index contributed by atoms with van der Waals surface area (Å²) in [5, 5.41) is 12.5. The number of nitrogens with one attached hydrogen (secondary N) is 1. The Balaban J connectivity index is 2.32. The summed E-state index contributed by atoms with van der Waals surface area (Å²) in [7, 11) is 1.57. The van der Waals surface area contributed by atoms with Gasteiger partial charge in [-0.05, 0) is 55.5 Å². The van der Waals surface area contributed by atoms with Gasteiger partial charge in [-0.2, -0.15) is 5.10 Å². The van der Waals surface area contributed by atoms with Crippen LogP contribution >= 0.6 is 12.2 Å². The van der Waals surface area contributed by atoms with Crippen molar-refractivity contribution in [3.63, 3.8) is 0 Å². The van der Waals surface area contributed by atoms with Crippen molar-refractivity contribution in [2.75, 3.05) is 7.11 Å². The molecule has 3 aromatic rings. The quantitative estimate of drug-likeness (QED) is 0.691. The Kier molecular flexibility index (Phi) is 4.68. The van der Waals surface area contributed by atoms with E-state index in [4.69, 9.17) is 28.1 Å². The number of hydrogen-bond acceptors (Lipinski definition) is 5. The van der Waals surface area contributed by atoms with Gasteiger partial charge in [-0.15, -0.1) is 0 Å². The molecule has 3 rings (SSSR count). The van der Waals surface area contributed by atoms with Gasteiger partial charge in [0.2, 0.25) is 4.77 Å². The Morgan fingerprint density at radius 1 is 1.12 bits per heavy atom. The minimum atomic E-state index is -0.798. The summed E-state index contributed by atoms with van der Waals surface area (Å²) >= 11 is 5.54. The molecule has 0 fully saturated rings. The standard InChI is InChI=1S/C18H17N5O2S/c1-11-3-5-13(6-4-11)23-18(26)22(16(19)15(21-23)17(20)24)12-7-9-14(25-2)10-8-12/h3-10,19H,1-2H3,(H2,20,24). The normalized spacial score (nSPS) is 10.5. The highest BCUT2D eigenvalue weighted by Crippen LogP contribution is 2.15. The fourth-order valence-corrected chi connectivity index (χ4v) is 2.82. The van der Waals surface area contributed by atoms with Crippen LogP contribution in [-0.4, -0.2) is 27.4 Å². The van der Waals surface area contributed by atoms with Crippen LogP contribution in [0.5, 0.6) is 5.75 Å². The minimum Gasteiger partial charge on any atom is -0.497 e. The van der Waals surface area contributed by atoms with Crippen molar-refractivity contribution in [2.24, 2.45) is 5.73 Å². The average Bonchev–Trinajstić information content (AvgIpc) is 2.63. The van der Waals surface area contributed by atoms with Gasteiger partial charge in [0.05, 0.1) is 18.5 Å². The predicted molar refractivity (Wildman–Crippen MR) is 99.4 cm³/mol. The van der Waals surface area contributed by atoms with Crippen LogP contribution < -0.4 is 16.0 Å². The first kappa shape index (κ1) is 17.6. The maximum atomic E-state index is 11.8. The molecular formula is C18H17N5O2S. The van der Waals surface area contributed by atoms with E-state index >= 15 is 0 Å². The van der Waals surface area contributed by atoms with Crippen LogP contribution in [0.3, 0.4) is 0 Å². The van der Waals surface area contributed by atoms with Crippen molar-refractivity contribution in [3.8, 4) is 17.1 Å². The number of carbonyl (C=O) groups excluding carboxylic acids is 1. The van der Waals surface area contributed by atoms with Gasteiger partial charge < -0.3 is 10.5 Å². The topological polar surface area (TPSA) is 98.9 Å². The van der Waals surface area contributed by atoms with Gasteiger partial charge in [-0.3, -0.25) is 14.8 Å². The number of carbonyl (C=O) groups is 1. The first-order valence-corrected chi connectivity index (χ1v) is 8.15. The third-order valence-corrected chi connectivity index (χ3v) is 4.22. The molecule has 0 unspecified atom stereocenters. The van der Waals surface area contributed by atoms with E-state index in [2.05, 4.69) is 5.10 Å². The predicted octanol–water partition coefficient (Wildman–Crippen LogP) is 2.29. The third kappa shape index (κ3) is 3.14. The zero-order valence-electron chi connectivity index (χ0n) is 14.3. The maximum absolute atomic E-state index is 11.8.